The van der Waals surface area contributed by atoms with Crippen molar-refractivity contribution in [2.45, 2.75) is 30.8 Å². The number of carbonyl (C=O) groups is 2. The van der Waals surface area contributed by atoms with Crippen molar-refractivity contribution in [3.63, 3.8) is 0 Å². The van der Waals surface area contributed by atoms with Gasteiger partial charge in [0.1, 0.15) is 30.5 Å². The summed E-state index contributed by atoms with van der Waals surface area (Å²) in [6, 6.07) is 60.0. The molecule has 0 spiro atoms. The number of fused-ring (bicyclic) bond motifs is 3. The Balaban J connectivity index is 0.000000159. The Labute approximate surface area is 403 Å². The third kappa shape index (κ3) is 8.11. The molecule has 0 radical (unpaired) electrons. The van der Waals surface area contributed by atoms with Gasteiger partial charge in [-0.3, -0.25) is 19.4 Å². The summed E-state index contributed by atoms with van der Waals surface area (Å²) in [5.41, 5.74) is 9.43. The number of benzene rings is 8. The highest BCUT2D eigenvalue weighted by Crippen LogP contribution is 2.52. The highest BCUT2D eigenvalue weighted by atomic mass is 79.9. The number of ether oxygens (including phenoxy) is 3. The number of hydrogen-bond acceptors (Lipinski definition) is 7. The van der Waals surface area contributed by atoms with Crippen molar-refractivity contribution in [2.24, 2.45) is 0 Å². The van der Waals surface area contributed by atoms with Crippen LogP contribution >= 0.6 is 15.9 Å². The molecule has 3 heterocycles. The zero-order chi connectivity index (χ0) is 46.9. The number of aromatic hydroxyl groups is 2. The van der Waals surface area contributed by atoms with Crippen LogP contribution in [-0.4, -0.2) is 42.4 Å². The second-order valence-electron chi connectivity index (χ2n) is 16.9. The van der Waals surface area contributed by atoms with Gasteiger partial charge < -0.3 is 24.4 Å². The highest BCUT2D eigenvalue weighted by Gasteiger charge is 2.45. The van der Waals surface area contributed by atoms with Crippen LogP contribution in [-0.2, 0) is 9.59 Å². The van der Waals surface area contributed by atoms with Crippen molar-refractivity contribution in [1.29, 1.82) is 0 Å². The summed E-state index contributed by atoms with van der Waals surface area (Å²) in [6.07, 6.45) is 0. The minimum absolute atomic E-state index is 0.0105. The van der Waals surface area contributed by atoms with E-state index in [1.54, 1.807) is 25.3 Å². The smallest absolute Gasteiger partial charge is 0.240 e. The van der Waals surface area contributed by atoms with E-state index in [4.69, 9.17) is 14.2 Å². The Kier molecular flexibility index (Phi) is 12.2. The van der Waals surface area contributed by atoms with Crippen molar-refractivity contribution in [2.75, 3.05) is 30.1 Å². The largest absolute Gasteiger partial charge is 0.507 e. The summed E-state index contributed by atoms with van der Waals surface area (Å²) in [6.45, 7) is 2.77. The molecule has 8 aromatic rings. The van der Waals surface area contributed by atoms with Gasteiger partial charge in [-0.15, -0.1) is 0 Å². The molecule has 3 aliphatic heterocycles. The van der Waals surface area contributed by atoms with Crippen LogP contribution in [0.25, 0.3) is 0 Å². The zero-order valence-corrected chi connectivity index (χ0v) is 38.9. The number of rotatable bonds is 9. The lowest BCUT2D eigenvalue weighted by Gasteiger charge is -2.30. The molecule has 2 N–H and O–H groups in total. The van der Waals surface area contributed by atoms with Crippen LogP contribution in [0.1, 0.15) is 74.0 Å². The molecule has 10 heteroatoms. The lowest BCUT2D eigenvalue weighted by molar-refractivity contribution is -0.119. The molecular weight excluding hydrogens is 917 g/mol. The van der Waals surface area contributed by atoms with Crippen molar-refractivity contribution in [3.05, 3.63) is 243 Å². The van der Waals surface area contributed by atoms with Gasteiger partial charge in [-0.05, 0) is 82.3 Å². The Hall–Kier alpha value is -7.82. The molecule has 2 unspecified atom stereocenters. The van der Waals surface area contributed by atoms with Gasteiger partial charge in [-0.2, -0.15) is 0 Å². The van der Waals surface area contributed by atoms with Crippen LogP contribution in [0.5, 0.6) is 28.7 Å². The van der Waals surface area contributed by atoms with Gasteiger partial charge in [0.25, 0.3) is 0 Å². The quantitative estimate of drug-likeness (QED) is 0.148. The molecule has 0 bridgehead atoms. The number of methoxy groups -OCH3 is 1. The second-order valence-corrected chi connectivity index (χ2v) is 17.8. The van der Waals surface area contributed by atoms with Gasteiger partial charge in [-0.1, -0.05) is 155 Å². The minimum Gasteiger partial charge on any atom is -0.507 e. The van der Waals surface area contributed by atoms with Crippen molar-refractivity contribution in [3.8, 4) is 28.7 Å². The Bertz CT molecular complexity index is 3050. The highest BCUT2D eigenvalue weighted by molar-refractivity contribution is 9.10. The van der Waals surface area contributed by atoms with Gasteiger partial charge >= 0.3 is 0 Å². The van der Waals surface area contributed by atoms with E-state index in [0.717, 1.165) is 54.8 Å². The summed E-state index contributed by atoms with van der Waals surface area (Å²) in [7, 11) is 1.57. The van der Waals surface area contributed by atoms with Gasteiger partial charge in [0.05, 0.1) is 31.0 Å². The average Bonchev–Trinajstić information content (AvgIpc) is 3.81. The number of amides is 2. The molecule has 3 aliphatic rings. The number of phenols is 2. The lowest BCUT2D eigenvalue weighted by atomic mass is 9.90. The number of hydrogen-bond donors (Lipinski definition) is 2. The van der Waals surface area contributed by atoms with E-state index in [9.17, 15) is 19.8 Å². The standard InChI is InChI=1S/C29H22BrNO4.C29H25NO3/c30-20-11-12-23-21(15-20)27(22-16-25-26(17-24(22)32)35-14-13-34-25)29(33)31(23)28(18-7-3-1-4-8-18)19-9-5-2-6-10-19;1-19-17-23(25(31)18-26(19)33-2)27-22-15-9-10-16-24(22)30(29(27)32)28(20-11-5-3-6-12-20)21-13-7-4-8-14-21/h1-12,15-17,27-28,32H,13-14H2;3-18,27-28,31H,1-2H3. The molecule has 0 saturated carbocycles. The zero-order valence-electron chi connectivity index (χ0n) is 37.3. The number of anilines is 2. The molecule has 0 aliphatic carbocycles. The minimum atomic E-state index is -0.687. The van der Waals surface area contributed by atoms with E-state index in [1.807, 2.05) is 162 Å². The molecule has 8 aromatic carbocycles. The molecule has 0 aromatic heterocycles. The average molecular weight is 964 g/mol. The van der Waals surface area contributed by atoms with Crippen molar-refractivity contribution in [1.82, 2.24) is 0 Å². The number of phenolic OH excluding ortho intramolecular Hbond substituents is 2. The molecule has 0 fully saturated rings. The summed E-state index contributed by atoms with van der Waals surface area (Å²) < 4.78 is 17.6. The number of aryl methyl sites for hydroxylation is 1. The fourth-order valence-electron chi connectivity index (χ4n) is 9.84. The van der Waals surface area contributed by atoms with E-state index < -0.39 is 11.8 Å². The second kappa shape index (κ2) is 18.8. The van der Waals surface area contributed by atoms with Crippen LogP contribution in [0.3, 0.4) is 0 Å². The van der Waals surface area contributed by atoms with Gasteiger partial charge in [0.2, 0.25) is 11.8 Å². The van der Waals surface area contributed by atoms with E-state index in [2.05, 4.69) is 40.2 Å². The maximum atomic E-state index is 14.3. The molecule has 0 saturated heterocycles. The normalized spacial score (nSPS) is 15.8. The predicted octanol–water partition coefficient (Wildman–Crippen LogP) is 12.2. The van der Waals surface area contributed by atoms with Crippen LogP contribution in [0.15, 0.2) is 193 Å². The monoisotopic (exact) mass is 962 g/mol. The van der Waals surface area contributed by atoms with Crippen molar-refractivity contribution >= 4 is 39.1 Å². The maximum absolute atomic E-state index is 14.3. The molecule has 11 rings (SSSR count). The van der Waals surface area contributed by atoms with Gasteiger partial charge in [0, 0.05) is 39.1 Å². The Morgan fingerprint density at radius 3 is 1.46 bits per heavy atom. The SMILES string of the molecule is COc1cc(O)c(C2C(=O)N(C(c3ccccc3)c3ccccc3)c3ccccc32)cc1C.O=C1C(c2cc3c(cc2O)OCCO3)c2cc(Br)ccc2N1C(c1ccccc1)c1ccccc1. The first-order valence-corrected chi connectivity index (χ1v) is 23.3. The van der Waals surface area contributed by atoms with Gasteiger partial charge in [0.15, 0.2) is 11.5 Å². The number of carbonyl (C=O) groups excluding carboxylic acids is 2. The molecule has 68 heavy (non-hydrogen) atoms. The van der Waals surface area contributed by atoms with Crippen LogP contribution in [0.4, 0.5) is 11.4 Å². The number of halogens is 1. The van der Waals surface area contributed by atoms with E-state index in [1.165, 1.54) is 0 Å². The van der Waals surface area contributed by atoms with E-state index in [0.29, 0.717) is 41.6 Å². The summed E-state index contributed by atoms with van der Waals surface area (Å²) >= 11 is 3.57. The van der Waals surface area contributed by atoms with Crippen LogP contribution in [0.2, 0.25) is 0 Å². The molecule has 2 amide bonds. The molecule has 338 valence electrons. The maximum Gasteiger partial charge on any atom is 0.240 e. The van der Waals surface area contributed by atoms with Gasteiger partial charge in [-0.25, -0.2) is 0 Å². The fraction of sp³-hybridized carbons (Fsp3) is 0.138. The summed E-state index contributed by atoms with van der Waals surface area (Å²) in [4.78, 5) is 32.2. The third-order valence-electron chi connectivity index (χ3n) is 12.9. The third-order valence-corrected chi connectivity index (χ3v) is 13.4. The van der Waals surface area contributed by atoms with Crippen molar-refractivity contribution < 1.29 is 34.0 Å². The molecule has 2 atom stereocenters. The van der Waals surface area contributed by atoms with E-state index in [-0.39, 0.29) is 35.4 Å². The first-order chi connectivity index (χ1) is 33.2. The number of nitrogens with zero attached hydrogens (tertiary/aromatic N) is 2. The topological polar surface area (TPSA) is 109 Å². The van der Waals surface area contributed by atoms with Crippen LogP contribution < -0.4 is 24.0 Å². The lowest BCUT2D eigenvalue weighted by Crippen LogP contribution is -2.34. The Morgan fingerprint density at radius 1 is 0.515 bits per heavy atom. The Morgan fingerprint density at radius 2 is 0.941 bits per heavy atom. The van der Waals surface area contributed by atoms with Crippen LogP contribution in [0, 0.1) is 6.92 Å². The number of para-hydroxylation sites is 1. The predicted molar refractivity (Wildman–Crippen MR) is 267 cm³/mol. The summed E-state index contributed by atoms with van der Waals surface area (Å²) in [5.74, 6) is 0.235. The first kappa shape index (κ1) is 44.0. The molecule has 9 nitrogen and oxygen atoms in total. The fourth-order valence-corrected chi connectivity index (χ4v) is 10.2. The first-order valence-electron chi connectivity index (χ1n) is 22.5. The summed E-state index contributed by atoms with van der Waals surface area (Å²) in [5, 5.41) is 21.8. The molecular formula is C58H47BrN2O7. The van der Waals surface area contributed by atoms with E-state index >= 15 is 0 Å².